The second-order valence-corrected chi connectivity index (χ2v) is 9.47. The smallest absolute Gasteiger partial charge is 0.407 e. The van der Waals surface area contributed by atoms with E-state index in [2.05, 4.69) is 5.32 Å². The summed E-state index contributed by atoms with van der Waals surface area (Å²) in [6.45, 7) is 7.84. The van der Waals surface area contributed by atoms with E-state index in [1.165, 1.54) is 17.0 Å². The lowest BCUT2D eigenvalue weighted by Gasteiger charge is -2.36. The van der Waals surface area contributed by atoms with Gasteiger partial charge >= 0.3 is 12.1 Å². The molecule has 3 amide bonds. The van der Waals surface area contributed by atoms with Crippen LogP contribution in [-0.2, 0) is 4.74 Å². The van der Waals surface area contributed by atoms with Crippen LogP contribution in [-0.4, -0.2) is 65.9 Å². The van der Waals surface area contributed by atoms with Crippen molar-refractivity contribution >= 4 is 23.7 Å². The average molecular weight is 442 g/mol. The van der Waals surface area contributed by atoms with Crippen molar-refractivity contribution in [2.45, 2.75) is 39.4 Å². The molecule has 1 aromatic carbocycles. The predicted octanol–water partition coefficient (Wildman–Crippen LogP) is 3.98. The Kier molecular flexibility index (Phi) is 6.77. The molecule has 3 atom stereocenters. The van der Waals surface area contributed by atoms with Crippen LogP contribution in [0.4, 0.5) is 14.0 Å². The number of ether oxygens (including phenoxy) is 1. The molecule has 3 rings (SSSR count). The Labute approximate surface area is 181 Å². The van der Waals surface area contributed by atoms with Crippen molar-refractivity contribution in [2.24, 2.45) is 11.3 Å². The highest BCUT2D eigenvalue weighted by molar-refractivity contribution is 6.30. The van der Waals surface area contributed by atoms with E-state index in [0.717, 1.165) is 6.42 Å². The number of benzene rings is 1. The molecule has 0 radical (unpaired) electrons. The van der Waals surface area contributed by atoms with Crippen LogP contribution in [0.15, 0.2) is 18.2 Å². The fourth-order valence-electron chi connectivity index (χ4n) is 3.95. The second kappa shape index (κ2) is 8.98. The molecule has 30 heavy (non-hydrogen) atoms. The van der Waals surface area contributed by atoms with Gasteiger partial charge in [0.05, 0.1) is 23.8 Å². The molecule has 2 aliphatic rings. The Balaban J connectivity index is 1.99. The fourth-order valence-corrected chi connectivity index (χ4v) is 4.07. The number of carbonyl (C=O) groups excluding carboxylic acids is 1. The third kappa shape index (κ3) is 5.16. The van der Waals surface area contributed by atoms with Crippen molar-refractivity contribution in [3.05, 3.63) is 34.6 Å². The number of hydrogen-bond acceptors (Lipinski definition) is 3. The lowest BCUT2D eigenvalue weighted by molar-refractivity contribution is -0.0793. The molecule has 0 bridgehead atoms. The molecule has 2 heterocycles. The van der Waals surface area contributed by atoms with Gasteiger partial charge in [0.25, 0.3) is 0 Å². The Morgan fingerprint density at radius 2 is 2.10 bits per heavy atom. The van der Waals surface area contributed by atoms with Gasteiger partial charge in [-0.25, -0.2) is 14.0 Å². The summed E-state index contributed by atoms with van der Waals surface area (Å²) in [4.78, 5) is 27.2. The van der Waals surface area contributed by atoms with Crippen LogP contribution in [0, 0.1) is 17.2 Å². The van der Waals surface area contributed by atoms with Gasteiger partial charge in [0, 0.05) is 32.1 Å². The number of carboxylic acid groups (broad SMARTS) is 1. The summed E-state index contributed by atoms with van der Waals surface area (Å²) in [5.74, 6) is -0.920. The second-order valence-electron chi connectivity index (χ2n) is 9.06. The van der Waals surface area contributed by atoms with Gasteiger partial charge in [0.1, 0.15) is 5.82 Å². The van der Waals surface area contributed by atoms with E-state index < -0.39 is 24.1 Å². The number of amides is 3. The summed E-state index contributed by atoms with van der Waals surface area (Å²) >= 11 is 5.87. The third-order valence-corrected chi connectivity index (χ3v) is 6.02. The maximum Gasteiger partial charge on any atom is 0.407 e. The summed E-state index contributed by atoms with van der Waals surface area (Å²) in [5.41, 5.74) is 0.245. The zero-order valence-electron chi connectivity index (χ0n) is 17.5. The van der Waals surface area contributed by atoms with Gasteiger partial charge in [-0.1, -0.05) is 38.4 Å². The summed E-state index contributed by atoms with van der Waals surface area (Å²) in [7, 11) is 0. The van der Waals surface area contributed by atoms with E-state index in [9.17, 15) is 19.1 Å². The number of carbonyl (C=O) groups is 2. The molecular weight excluding hydrogens is 413 g/mol. The Morgan fingerprint density at radius 3 is 2.70 bits per heavy atom. The largest absolute Gasteiger partial charge is 0.465 e. The lowest BCUT2D eigenvalue weighted by Crippen LogP contribution is -2.50. The summed E-state index contributed by atoms with van der Waals surface area (Å²) in [6.07, 6.45) is -1.21. The zero-order valence-corrected chi connectivity index (χ0v) is 18.3. The molecule has 0 aromatic heterocycles. The molecule has 1 aromatic rings. The molecule has 9 heteroatoms. The maximum atomic E-state index is 14.3. The van der Waals surface area contributed by atoms with Gasteiger partial charge in [0.15, 0.2) is 0 Å². The van der Waals surface area contributed by atoms with E-state index >= 15 is 0 Å². The Bertz CT molecular complexity index is 801. The highest BCUT2D eigenvalue weighted by Crippen LogP contribution is 2.38. The first-order valence-corrected chi connectivity index (χ1v) is 10.5. The Hall–Kier alpha value is -2.06. The molecule has 1 unspecified atom stereocenters. The molecule has 2 saturated heterocycles. The van der Waals surface area contributed by atoms with Gasteiger partial charge in [-0.2, -0.15) is 0 Å². The highest BCUT2D eigenvalue weighted by atomic mass is 35.5. The van der Waals surface area contributed by atoms with Crippen molar-refractivity contribution in [1.29, 1.82) is 0 Å². The molecule has 0 saturated carbocycles. The molecule has 166 valence electrons. The van der Waals surface area contributed by atoms with Crippen LogP contribution in [0.1, 0.15) is 38.9 Å². The van der Waals surface area contributed by atoms with Crippen LogP contribution in [0.3, 0.4) is 0 Å². The minimum absolute atomic E-state index is 0.0128. The zero-order chi connectivity index (χ0) is 22.1. The van der Waals surface area contributed by atoms with E-state index in [4.69, 9.17) is 16.3 Å². The number of urea groups is 1. The van der Waals surface area contributed by atoms with Gasteiger partial charge in [0.2, 0.25) is 0 Å². The molecular formula is C21H29ClFN3O4. The van der Waals surface area contributed by atoms with Gasteiger partial charge < -0.3 is 25.0 Å². The van der Waals surface area contributed by atoms with Crippen molar-refractivity contribution < 1.29 is 23.8 Å². The number of nitrogens with zero attached hydrogens (tertiary/aromatic N) is 2. The molecule has 0 spiro atoms. The number of halogens is 2. The fraction of sp³-hybridized carbons (Fsp3) is 0.619. The average Bonchev–Trinajstić information content (AvgIpc) is 2.86. The molecule has 2 fully saturated rings. The van der Waals surface area contributed by atoms with Crippen LogP contribution < -0.4 is 5.32 Å². The molecule has 2 aliphatic heterocycles. The normalized spacial score (nSPS) is 25.6. The quantitative estimate of drug-likeness (QED) is 0.743. The third-order valence-electron chi connectivity index (χ3n) is 5.71. The maximum absolute atomic E-state index is 14.3. The van der Waals surface area contributed by atoms with Crippen LogP contribution in [0.25, 0.3) is 0 Å². The summed E-state index contributed by atoms with van der Waals surface area (Å²) in [6, 6.07) is 4.34. The van der Waals surface area contributed by atoms with E-state index in [1.807, 2.05) is 20.8 Å². The Morgan fingerprint density at radius 1 is 1.37 bits per heavy atom. The summed E-state index contributed by atoms with van der Waals surface area (Å²) < 4.78 is 20.7. The first kappa shape index (κ1) is 22.6. The van der Waals surface area contributed by atoms with Crippen molar-refractivity contribution in [3.8, 4) is 0 Å². The predicted molar refractivity (Wildman–Crippen MR) is 111 cm³/mol. The number of hydrogen-bond donors (Lipinski definition) is 2. The van der Waals surface area contributed by atoms with Crippen molar-refractivity contribution in [3.63, 3.8) is 0 Å². The van der Waals surface area contributed by atoms with Crippen LogP contribution in [0.5, 0.6) is 0 Å². The van der Waals surface area contributed by atoms with E-state index in [0.29, 0.717) is 25.2 Å². The molecule has 2 N–H and O–H groups in total. The van der Waals surface area contributed by atoms with Crippen molar-refractivity contribution in [2.75, 3.05) is 32.7 Å². The monoisotopic (exact) mass is 441 g/mol. The minimum atomic E-state index is -1.04. The van der Waals surface area contributed by atoms with Gasteiger partial charge in [-0.3, -0.25) is 0 Å². The first-order valence-electron chi connectivity index (χ1n) is 10.2. The summed E-state index contributed by atoms with van der Waals surface area (Å²) in [5, 5.41) is 12.6. The standard InChI is InChI=1S/C21H29ClFN3O4/c1-21(2,3)17-12-26(20(28)29)11-14(10-25-8-4-7-24-19(25)27)18(30-17)13-5-6-15(22)16(23)9-13/h5-6,9,14,17-18H,4,7-8,10-12H2,1-3H3,(H,24,27)(H,28,29)/t14-,17?,18+/m1/s1. The van der Waals surface area contributed by atoms with E-state index in [1.54, 1.807) is 11.0 Å². The highest BCUT2D eigenvalue weighted by Gasteiger charge is 2.41. The van der Waals surface area contributed by atoms with Gasteiger partial charge in [-0.05, 0) is 29.5 Å². The first-order chi connectivity index (χ1) is 14.1. The van der Waals surface area contributed by atoms with Crippen molar-refractivity contribution in [1.82, 2.24) is 15.1 Å². The SMILES string of the molecule is CC(C)(C)C1CN(C(=O)O)C[C@@H](CN2CCCNC2=O)[C@H](c2ccc(Cl)c(F)c2)O1. The topological polar surface area (TPSA) is 82.1 Å². The van der Waals surface area contributed by atoms with E-state index in [-0.39, 0.29) is 35.5 Å². The molecule has 0 aliphatic carbocycles. The lowest BCUT2D eigenvalue weighted by atomic mass is 9.88. The van der Waals surface area contributed by atoms with Gasteiger partial charge in [-0.15, -0.1) is 0 Å². The number of nitrogens with one attached hydrogen (secondary N) is 1. The molecule has 7 nitrogen and oxygen atoms in total. The van der Waals surface area contributed by atoms with Crippen LogP contribution in [0.2, 0.25) is 5.02 Å². The van der Waals surface area contributed by atoms with Crippen LogP contribution >= 0.6 is 11.6 Å². The minimum Gasteiger partial charge on any atom is -0.465 e. The number of rotatable bonds is 3.